The second kappa shape index (κ2) is 8.29. The molecule has 1 heterocycles. The fourth-order valence-electron chi connectivity index (χ4n) is 1.87. The van der Waals surface area contributed by atoms with Gasteiger partial charge in [0.2, 0.25) is 0 Å². The van der Waals surface area contributed by atoms with E-state index < -0.39 is 0 Å². The molecule has 17 heavy (non-hydrogen) atoms. The lowest BCUT2D eigenvalue weighted by molar-refractivity contribution is 0.0766. The predicted molar refractivity (Wildman–Crippen MR) is 74.7 cm³/mol. The molecule has 2 nitrogen and oxygen atoms in total. The highest BCUT2D eigenvalue weighted by Crippen LogP contribution is 2.13. The highest BCUT2D eigenvalue weighted by atomic mass is 32.1. The van der Waals surface area contributed by atoms with Crippen LogP contribution < -0.4 is 0 Å². The molecule has 0 radical (unpaired) electrons. The van der Waals surface area contributed by atoms with Gasteiger partial charge in [0.1, 0.15) is 0 Å². The highest BCUT2D eigenvalue weighted by molar-refractivity contribution is 7.12. The van der Waals surface area contributed by atoms with Gasteiger partial charge in [-0.25, -0.2) is 0 Å². The zero-order chi connectivity index (χ0) is 12.5. The molecule has 0 bridgehead atoms. The average molecular weight is 253 g/mol. The van der Waals surface area contributed by atoms with Crippen molar-refractivity contribution in [3.63, 3.8) is 0 Å². The first-order valence-electron chi connectivity index (χ1n) is 6.62. The first-order chi connectivity index (χ1) is 8.29. The Morgan fingerprint density at radius 3 is 2.59 bits per heavy atom. The number of unbranched alkanes of at least 4 members (excludes halogenated alkanes) is 4. The Kier molecular flexibility index (Phi) is 6.94. The molecule has 0 aliphatic heterocycles. The lowest BCUT2D eigenvalue weighted by Gasteiger charge is -2.20. The summed E-state index contributed by atoms with van der Waals surface area (Å²) in [5, 5.41) is 1.96. The zero-order valence-electron chi connectivity index (χ0n) is 10.9. The Hall–Kier alpha value is -0.830. The minimum atomic E-state index is 0.193. The van der Waals surface area contributed by atoms with Crippen molar-refractivity contribution in [2.24, 2.45) is 0 Å². The van der Waals surface area contributed by atoms with E-state index in [0.29, 0.717) is 0 Å². The number of thiophene rings is 1. The Morgan fingerprint density at radius 1 is 1.24 bits per heavy atom. The summed E-state index contributed by atoms with van der Waals surface area (Å²) in [7, 11) is 0. The summed E-state index contributed by atoms with van der Waals surface area (Å²) >= 11 is 1.53. The van der Waals surface area contributed by atoms with Gasteiger partial charge in [-0.2, -0.15) is 0 Å². The van der Waals surface area contributed by atoms with Crippen LogP contribution in [0.5, 0.6) is 0 Å². The highest BCUT2D eigenvalue weighted by Gasteiger charge is 2.13. The number of hydrogen-bond acceptors (Lipinski definition) is 2. The molecule has 1 aromatic heterocycles. The van der Waals surface area contributed by atoms with E-state index in [1.54, 1.807) is 0 Å². The summed E-state index contributed by atoms with van der Waals surface area (Å²) in [5.74, 6) is 0.193. The molecule has 0 N–H and O–H groups in total. The van der Waals surface area contributed by atoms with Crippen LogP contribution in [0.3, 0.4) is 0 Å². The van der Waals surface area contributed by atoms with Gasteiger partial charge in [-0.1, -0.05) is 38.7 Å². The van der Waals surface area contributed by atoms with Crippen molar-refractivity contribution >= 4 is 17.2 Å². The van der Waals surface area contributed by atoms with Crippen molar-refractivity contribution in [2.45, 2.75) is 46.0 Å². The van der Waals surface area contributed by atoms with Gasteiger partial charge in [-0.05, 0) is 24.8 Å². The van der Waals surface area contributed by atoms with Crippen molar-refractivity contribution in [3.05, 3.63) is 22.4 Å². The SMILES string of the molecule is CCCCCCCN(CC)C(=O)c1cccs1. The van der Waals surface area contributed by atoms with Crippen LogP contribution in [0, 0.1) is 0 Å². The quantitative estimate of drug-likeness (QED) is 0.636. The fraction of sp³-hybridized carbons (Fsp3) is 0.643. The molecule has 1 rings (SSSR count). The molecular formula is C14H23NOS. The standard InChI is InChI=1S/C14H23NOS/c1-3-5-6-7-8-11-15(4-2)14(16)13-10-9-12-17-13/h9-10,12H,3-8,11H2,1-2H3. The van der Waals surface area contributed by atoms with Gasteiger partial charge in [-0.3, -0.25) is 4.79 Å². The second-order valence-electron chi connectivity index (χ2n) is 4.28. The van der Waals surface area contributed by atoms with Gasteiger partial charge < -0.3 is 4.90 Å². The molecular weight excluding hydrogens is 230 g/mol. The molecule has 0 aromatic carbocycles. The van der Waals surface area contributed by atoms with Crippen molar-refractivity contribution < 1.29 is 4.79 Å². The van der Waals surface area contributed by atoms with Gasteiger partial charge in [0, 0.05) is 13.1 Å². The Bertz CT molecular complexity index is 308. The molecule has 0 spiro atoms. The van der Waals surface area contributed by atoms with E-state index in [2.05, 4.69) is 13.8 Å². The maximum Gasteiger partial charge on any atom is 0.263 e. The first-order valence-corrected chi connectivity index (χ1v) is 7.50. The monoisotopic (exact) mass is 253 g/mol. The van der Waals surface area contributed by atoms with Crippen molar-refractivity contribution in [1.82, 2.24) is 4.90 Å². The Balaban J connectivity index is 2.31. The van der Waals surface area contributed by atoms with Crippen molar-refractivity contribution in [2.75, 3.05) is 13.1 Å². The first kappa shape index (κ1) is 14.2. The fourth-order valence-corrected chi connectivity index (χ4v) is 2.56. The molecule has 1 aromatic rings. The number of carbonyl (C=O) groups is 1. The largest absolute Gasteiger partial charge is 0.338 e. The molecule has 96 valence electrons. The van der Waals surface area contributed by atoms with Gasteiger partial charge >= 0.3 is 0 Å². The molecule has 0 fully saturated rings. The molecule has 1 amide bonds. The van der Waals surface area contributed by atoms with E-state index in [-0.39, 0.29) is 5.91 Å². The average Bonchev–Trinajstić information content (AvgIpc) is 2.87. The van der Waals surface area contributed by atoms with Gasteiger partial charge in [-0.15, -0.1) is 11.3 Å². The van der Waals surface area contributed by atoms with E-state index in [1.165, 1.54) is 37.0 Å². The van der Waals surface area contributed by atoms with Gasteiger partial charge in [0.05, 0.1) is 4.88 Å². The van der Waals surface area contributed by atoms with Crippen molar-refractivity contribution in [3.8, 4) is 0 Å². The number of nitrogens with zero attached hydrogens (tertiary/aromatic N) is 1. The van der Waals surface area contributed by atoms with E-state index in [0.717, 1.165) is 24.4 Å². The predicted octanol–water partition coefficient (Wildman–Crippen LogP) is 4.18. The minimum Gasteiger partial charge on any atom is -0.338 e. The van der Waals surface area contributed by atoms with Crippen LogP contribution in [0.15, 0.2) is 17.5 Å². The smallest absolute Gasteiger partial charge is 0.263 e. The summed E-state index contributed by atoms with van der Waals surface area (Å²) in [6.45, 7) is 5.98. The summed E-state index contributed by atoms with van der Waals surface area (Å²) in [4.78, 5) is 14.9. The van der Waals surface area contributed by atoms with Crippen LogP contribution in [0.25, 0.3) is 0 Å². The topological polar surface area (TPSA) is 20.3 Å². The van der Waals surface area contributed by atoms with Gasteiger partial charge in [0.25, 0.3) is 5.91 Å². The number of hydrogen-bond donors (Lipinski definition) is 0. The maximum atomic E-state index is 12.1. The number of carbonyl (C=O) groups excluding carboxylic acids is 1. The molecule has 0 aliphatic carbocycles. The van der Waals surface area contributed by atoms with E-state index in [4.69, 9.17) is 0 Å². The third-order valence-corrected chi connectivity index (χ3v) is 3.79. The third-order valence-electron chi connectivity index (χ3n) is 2.93. The van der Waals surface area contributed by atoms with Crippen molar-refractivity contribution in [1.29, 1.82) is 0 Å². The molecule has 0 unspecified atom stereocenters. The van der Waals surface area contributed by atoms with E-state index in [9.17, 15) is 4.79 Å². The van der Waals surface area contributed by atoms with Crippen LogP contribution in [0.1, 0.15) is 55.6 Å². The number of amides is 1. The van der Waals surface area contributed by atoms with Crippen LogP contribution in [-0.4, -0.2) is 23.9 Å². The summed E-state index contributed by atoms with van der Waals surface area (Å²) in [6, 6.07) is 3.85. The normalized spacial score (nSPS) is 10.5. The molecule has 0 saturated heterocycles. The number of rotatable bonds is 8. The lowest BCUT2D eigenvalue weighted by Crippen LogP contribution is -2.31. The van der Waals surface area contributed by atoms with Crippen LogP contribution in [0.4, 0.5) is 0 Å². The third kappa shape index (κ3) is 4.90. The van der Waals surface area contributed by atoms with E-state index in [1.807, 2.05) is 22.4 Å². The van der Waals surface area contributed by atoms with Crippen LogP contribution in [0.2, 0.25) is 0 Å². The van der Waals surface area contributed by atoms with Gasteiger partial charge in [0.15, 0.2) is 0 Å². The molecule has 3 heteroatoms. The Labute approximate surface area is 109 Å². The summed E-state index contributed by atoms with van der Waals surface area (Å²) < 4.78 is 0. The molecule has 0 atom stereocenters. The van der Waals surface area contributed by atoms with Crippen LogP contribution in [-0.2, 0) is 0 Å². The maximum absolute atomic E-state index is 12.1. The lowest BCUT2D eigenvalue weighted by atomic mass is 10.1. The Morgan fingerprint density at radius 2 is 2.00 bits per heavy atom. The zero-order valence-corrected chi connectivity index (χ0v) is 11.8. The summed E-state index contributed by atoms with van der Waals surface area (Å²) in [5.41, 5.74) is 0. The second-order valence-corrected chi connectivity index (χ2v) is 5.22. The molecule has 0 saturated carbocycles. The summed E-state index contributed by atoms with van der Waals surface area (Å²) in [6.07, 6.45) is 6.24. The van der Waals surface area contributed by atoms with Crippen LogP contribution >= 0.6 is 11.3 Å². The molecule has 0 aliphatic rings. The van der Waals surface area contributed by atoms with E-state index >= 15 is 0 Å². The minimum absolute atomic E-state index is 0.193.